The minimum Gasteiger partial charge on any atom is -0.478 e. The lowest BCUT2D eigenvalue weighted by molar-refractivity contribution is -0.122. The second kappa shape index (κ2) is 7.03. The molecule has 0 radical (unpaired) electrons. The van der Waals surface area contributed by atoms with Gasteiger partial charge < -0.3 is 15.5 Å². The third-order valence-corrected chi connectivity index (χ3v) is 4.43. The topological polar surface area (TPSA) is 86.6 Å². The second-order valence-corrected chi connectivity index (χ2v) is 6.15. The Bertz CT molecular complexity index is 821. The maximum absolute atomic E-state index is 13.7. The van der Waals surface area contributed by atoms with E-state index in [1.54, 1.807) is 0 Å². The number of carboxylic acids is 1. The number of fused-ring (bicyclic) bond motifs is 1. The normalized spacial score (nSPS) is 19.1. The first kappa shape index (κ1) is 17.1. The van der Waals surface area contributed by atoms with Crippen molar-refractivity contribution in [3.63, 3.8) is 0 Å². The number of hydrogen-bond donors (Lipinski definition) is 3. The van der Waals surface area contributed by atoms with Gasteiger partial charge in [0.25, 0.3) is 0 Å². The Hall–Kier alpha value is -2.73. The number of hydrogen-bond acceptors (Lipinski definition) is 3. The number of aryl methyl sites for hydroxylation is 1. The van der Waals surface area contributed by atoms with Crippen LogP contribution in [-0.2, 0) is 17.6 Å². The molecule has 0 aliphatic heterocycles. The number of benzene rings is 2. The molecule has 0 heterocycles. The van der Waals surface area contributed by atoms with Gasteiger partial charge in [-0.1, -0.05) is 30.3 Å². The molecule has 0 unspecified atom stereocenters. The molecule has 3 rings (SSSR count). The molecule has 2 aromatic carbocycles. The molecular formula is C19H18FNO4. The predicted molar refractivity (Wildman–Crippen MR) is 88.7 cm³/mol. The molecule has 1 aliphatic carbocycles. The maximum atomic E-state index is 13.7. The molecule has 2 atom stereocenters. The van der Waals surface area contributed by atoms with Crippen molar-refractivity contribution in [2.24, 2.45) is 0 Å². The molecule has 25 heavy (non-hydrogen) atoms. The minimum atomic E-state index is -1.35. The lowest BCUT2D eigenvalue weighted by atomic mass is 9.85. The first-order valence-corrected chi connectivity index (χ1v) is 8.02. The van der Waals surface area contributed by atoms with E-state index in [4.69, 9.17) is 5.11 Å². The Balaban J connectivity index is 1.73. The van der Waals surface area contributed by atoms with Gasteiger partial charge in [0, 0.05) is 0 Å². The summed E-state index contributed by atoms with van der Waals surface area (Å²) in [6, 6.07) is 10.7. The molecule has 1 aliphatic rings. The highest BCUT2D eigenvalue weighted by Gasteiger charge is 2.29. The fourth-order valence-electron chi connectivity index (χ4n) is 3.17. The number of aromatic carboxylic acids is 1. The number of amides is 1. The number of aliphatic hydroxyl groups excluding tert-OH is 1. The largest absolute Gasteiger partial charge is 0.478 e. The smallest absolute Gasteiger partial charge is 0.338 e. The van der Waals surface area contributed by atoms with E-state index in [9.17, 15) is 19.1 Å². The van der Waals surface area contributed by atoms with Gasteiger partial charge in [0.05, 0.1) is 24.1 Å². The quantitative estimate of drug-likeness (QED) is 0.794. The van der Waals surface area contributed by atoms with Crippen LogP contribution in [0.4, 0.5) is 4.39 Å². The first-order chi connectivity index (χ1) is 12.0. The van der Waals surface area contributed by atoms with Crippen molar-refractivity contribution in [3.05, 3.63) is 70.5 Å². The van der Waals surface area contributed by atoms with Crippen LogP contribution in [0, 0.1) is 5.82 Å². The van der Waals surface area contributed by atoms with E-state index in [0.717, 1.165) is 29.7 Å². The fraction of sp³-hybridized carbons (Fsp3) is 0.263. The molecule has 130 valence electrons. The van der Waals surface area contributed by atoms with Gasteiger partial charge in [-0.15, -0.1) is 0 Å². The van der Waals surface area contributed by atoms with Gasteiger partial charge in [0.15, 0.2) is 0 Å². The SMILES string of the molecule is O=C(Cc1ccc(C(=O)O)c(F)c1)N[C@H]1c2ccccc2CC[C@H]1O. The summed E-state index contributed by atoms with van der Waals surface area (Å²) < 4.78 is 13.7. The molecule has 0 saturated carbocycles. The molecule has 5 nitrogen and oxygen atoms in total. The van der Waals surface area contributed by atoms with E-state index in [-0.39, 0.29) is 12.3 Å². The van der Waals surface area contributed by atoms with Crippen LogP contribution >= 0.6 is 0 Å². The average molecular weight is 343 g/mol. The number of rotatable bonds is 4. The zero-order chi connectivity index (χ0) is 18.0. The third-order valence-electron chi connectivity index (χ3n) is 4.43. The number of halogens is 1. The number of aliphatic hydroxyl groups is 1. The predicted octanol–water partition coefficient (Wildman–Crippen LogP) is 2.23. The summed E-state index contributed by atoms with van der Waals surface area (Å²) in [7, 11) is 0. The molecule has 1 amide bonds. The minimum absolute atomic E-state index is 0.0950. The molecule has 0 bridgehead atoms. The monoisotopic (exact) mass is 343 g/mol. The van der Waals surface area contributed by atoms with Crippen molar-refractivity contribution in [2.75, 3.05) is 0 Å². The summed E-state index contributed by atoms with van der Waals surface area (Å²) in [5.74, 6) is -2.58. The zero-order valence-corrected chi connectivity index (χ0v) is 13.4. The Morgan fingerprint density at radius 2 is 1.96 bits per heavy atom. The second-order valence-electron chi connectivity index (χ2n) is 6.15. The number of carbonyl (C=O) groups excluding carboxylic acids is 1. The van der Waals surface area contributed by atoms with Gasteiger partial charge in [0.1, 0.15) is 5.82 Å². The Morgan fingerprint density at radius 1 is 1.20 bits per heavy atom. The molecule has 6 heteroatoms. The summed E-state index contributed by atoms with van der Waals surface area (Å²) in [4.78, 5) is 23.1. The highest BCUT2D eigenvalue weighted by molar-refractivity contribution is 5.88. The maximum Gasteiger partial charge on any atom is 0.338 e. The van der Waals surface area contributed by atoms with Crippen LogP contribution in [0.25, 0.3) is 0 Å². The highest BCUT2D eigenvalue weighted by Crippen LogP contribution is 2.30. The first-order valence-electron chi connectivity index (χ1n) is 8.02. The van der Waals surface area contributed by atoms with Gasteiger partial charge in [-0.25, -0.2) is 9.18 Å². The van der Waals surface area contributed by atoms with Gasteiger partial charge >= 0.3 is 5.97 Å². The van der Waals surface area contributed by atoms with Crippen molar-refractivity contribution >= 4 is 11.9 Å². The number of carbonyl (C=O) groups is 2. The average Bonchev–Trinajstić information content (AvgIpc) is 2.57. The molecule has 0 aromatic heterocycles. The van der Waals surface area contributed by atoms with Crippen molar-refractivity contribution < 1.29 is 24.2 Å². The number of carboxylic acid groups (broad SMARTS) is 1. The van der Waals surface area contributed by atoms with Crippen LogP contribution in [0.2, 0.25) is 0 Å². The summed E-state index contributed by atoms with van der Waals surface area (Å²) >= 11 is 0. The van der Waals surface area contributed by atoms with E-state index >= 15 is 0 Å². The lowest BCUT2D eigenvalue weighted by Gasteiger charge is -2.31. The van der Waals surface area contributed by atoms with Gasteiger partial charge in [0.2, 0.25) is 5.91 Å². The fourth-order valence-corrected chi connectivity index (χ4v) is 3.17. The van der Waals surface area contributed by atoms with E-state index < -0.39 is 29.5 Å². The Labute approximate surface area is 144 Å². The van der Waals surface area contributed by atoms with Crippen LogP contribution in [-0.4, -0.2) is 28.2 Å². The third kappa shape index (κ3) is 3.69. The molecule has 2 aromatic rings. The van der Waals surface area contributed by atoms with Crippen molar-refractivity contribution in [1.82, 2.24) is 5.32 Å². The molecule has 0 spiro atoms. The van der Waals surface area contributed by atoms with Crippen molar-refractivity contribution in [2.45, 2.75) is 31.4 Å². The molecular weight excluding hydrogens is 325 g/mol. The van der Waals surface area contributed by atoms with E-state index in [1.807, 2.05) is 24.3 Å². The van der Waals surface area contributed by atoms with Gasteiger partial charge in [-0.05, 0) is 41.7 Å². The van der Waals surface area contributed by atoms with Crippen molar-refractivity contribution in [3.8, 4) is 0 Å². The van der Waals surface area contributed by atoms with Gasteiger partial charge in [-0.3, -0.25) is 4.79 Å². The van der Waals surface area contributed by atoms with Crippen LogP contribution in [0.1, 0.15) is 39.5 Å². The van der Waals surface area contributed by atoms with Gasteiger partial charge in [-0.2, -0.15) is 0 Å². The Kier molecular flexibility index (Phi) is 4.81. The summed E-state index contributed by atoms with van der Waals surface area (Å²) in [6.45, 7) is 0. The summed E-state index contributed by atoms with van der Waals surface area (Å²) in [6.07, 6.45) is 0.544. The molecule has 0 fully saturated rings. The van der Waals surface area contributed by atoms with Crippen LogP contribution in [0.5, 0.6) is 0 Å². The Morgan fingerprint density at radius 3 is 2.68 bits per heavy atom. The number of nitrogens with one attached hydrogen (secondary N) is 1. The van der Waals surface area contributed by atoms with Crippen LogP contribution < -0.4 is 5.32 Å². The van der Waals surface area contributed by atoms with Crippen LogP contribution in [0.3, 0.4) is 0 Å². The molecule has 0 saturated heterocycles. The summed E-state index contributed by atoms with van der Waals surface area (Å²) in [5, 5.41) is 21.9. The lowest BCUT2D eigenvalue weighted by Crippen LogP contribution is -2.40. The van der Waals surface area contributed by atoms with E-state index in [0.29, 0.717) is 12.0 Å². The van der Waals surface area contributed by atoms with Crippen molar-refractivity contribution in [1.29, 1.82) is 0 Å². The summed E-state index contributed by atoms with van der Waals surface area (Å²) in [5.41, 5.74) is 1.93. The van der Waals surface area contributed by atoms with Crippen LogP contribution in [0.15, 0.2) is 42.5 Å². The zero-order valence-electron chi connectivity index (χ0n) is 13.4. The highest BCUT2D eigenvalue weighted by atomic mass is 19.1. The van der Waals surface area contributed by atoms with E-state index in [1.165, 1.54) is 6.07 Å². The molecule has 3 N–H and O–H groups in total. The van der Waals surface area contributed by atoms with E-state index in [2.05, 4.69) is 5.32 Å². The standard InChI is InChI=1S/C19H18FNO4/c20-15-9-11(5-7-14(15)19(24)25)10-17(23)21-18-13-4-2-1-3-12(13)6-8-16(18)22/h1-5,7,9,16,18,22H,6,8,10H2,(H,21,23)(H,24,25)/t16-,18+/m1/s1.